The molecule has 0 atom stereocenters. The second-order valence-electron chi connectivity index (χ2n) is 6.20. The molecule has 156 valence electrons. The van der Waals surface area contributed by atoms with Gasteiger partial charge in [0.1, 0.15) is 17.2 Å². The fourth-order valence-corrected chi connectivity index (χ4v) is 2.66. The van der Waals surface area contributed by atoms with Crippen LogP contribution in [0.15, 0.2) is 65.3 Å². The van der Waals surface area contributed by atoms with Gasteiger partial charge < -0.3 is 29.3 Å². The number of carbonyl (C=O) groups excluding carboxylic acids is 2. The molecule has 0 aliphatic carbocycles. The van der Waals surface area contributed by atoms with Crippen LogP contribution < -0.4 is 24.8 Å². The van der Waals surface area contributed by atoms with Crippen molar-refractivity contribution in [3.05, 3.63) is 72.2 Å². The van der Waals surface area contributed by atoms with E-state index in [4.69, 9.17) is 18.6 Å². The molecule has 0 radical (unpaired) electrons. The minimum absolute atomic E-state index is 0.173. The van der Waals surface area contributed by atoms with Gasteiger partial charge in [0.2, 0.25) is 0 Å². The molecule has 0 aliphatic rings. The first-order valence-electron chi connectivity index (χ1n) is 9.14. The van der Waals surface area contributed by atoms with Gasteiger partial charge in [-0.2, -0.15) is 0 Å². The van der Waals surface area contributed by atoms with E-state index >= 15 is 0 Å². The lowest BCUT2D eigenvalue weighted by atomic mass is 10.2. The molecule has 0 unspecified atom stereocenters. The number of benzene rings is 2. The molecule has 2 N–H and O–H groups in total. The van der Waals surface area contributed by atoms with Gasteiger partial charge >= 0.3 is 0 Å². The van der Waals surface area contributed by atoms with E-state index in [-0.39, 0.29) is 30.7 Å². The van der Waals surface area contributed by atoms with Crippen LogP contribution in [0.4, 0.5) is 5.69 Å². The van der Waals surface area contributed by atoms with Crippen molar-refractivity contribution >= 4 is 17.5 Å². The van der Waals surface area contributed by atoms with E-state index in [9.17, 15) is 9.59 Å². The average molecular weight is 410 g/mol. The van der Waals surface area contributed by atoms with Crippen molar-refractivity contribution in [1.29, 1.82) is 0 Å². The Morgan fingerprint density at radius 1 is 0.967 bits per heavy atom. The smallest absolute Gasteiger partial charge is 0.291 e. The predicted octanol–water partition coefficient (Wildman–Crippen LogP) is 3.24. The zero-order chi connectivity index (χ0) is 21.3. The van der Waals surface area contributed by atoms with Crippen molar-refractivity contribution in [2.24, 2.45) is 0 Å². The third-order valence-electron chi connectivity index (χ3n) is 4.18. The van der Waals surface area contributed by atoms with E-state index in [2.05, 4.69) is 10.6 Å². The van der Waals surface area contributed by atoms with Gasteiger partial charge in [0.05, 0.1) is 20.5 Å². The summed E-state index contributed by atoms with van der Waals surface area (Å²) >= 11 is 0. The van der Waals surface area contributed by atoms with Crippen LogP contribution >= 0.6 is 0 Å². The minimum atomic E-state index is -0.372. The van der Waals surface area contributed by atoms with E-state index in [0.717, 1.165) is 5.56 Å². The maximum absolute atomic E-state index is 12.1. The lowest BCUT2D eigenvalue weighted by Gasteiger charge is -2.12. The van der Waals surface area contributed by atoms with Crippen LogP contribution in [0, 0.1) is 0 Å². The number of methoxy groups -OCH3 is 2. The van der Waals surface area contributed by atoms with Crippen LogP contribution in [-0.4, -0.2) is 32.6 Å². The third-order valence-corrected chi connectivity index (χ3v) is 4.18. The molecule has 0 spiro atoms. The normalized spacial score (nSPS) is 10.2. The van der Waals surface area contributed by atoms with Gasteiger partial charge in [-0.15, -0.1) is 0 Å². The number of ether oxygens (including phenoxy) is 3. The Bertz CT molecular complexity index is 1000. The Balaban J connectivity index is 1.51. The Kier molecular flexibility index (Phi) is 6.94. The molecule has 30 heavy (non-hydrogen) atoms. The van der Waals surface area contributed by atoms with Gasteiger partial charge in [-0.05, 0) is 36.4 Å². The highest BCUT2D eigenvalue weighted by atomic mass is 16.5. The summed E-state index contributed by atoms with van der Waals surface area (Å²) in [6.45, 7) is 0.114. The molecular weight excluding hydrogens is 388 g/mol. The molecule has 0 saturated carbocycles. The molecule has 8 nitrogen and oxygen atoms in total. The number of nitrogens with one attached hydrogen (secondary N) is 2. The Labute approximate surface area is 173 Å². The third kappa shape index (κ3) is 5.54. The fourth-order valence-electron chi connectivity index (χ4n) is 2.66. The topological polar surface area (TPSA) is 99.0 Å². The van der Waals surface area contributed by atoms with Gasteiger partial charge in [-0.1, -0.05) is 6.07 Å². The summed E-state index contributed by atoms with van der Waals surface area (Å²) in [5.74, 6) is 1.28. The standard InChI is InChI=1S/C22H22N2O6/c1-27-17-9-8-15(20(12-17)28-2)13-23-21(25)14-30-18-6-3-5-16(11-18)24-22(26)19-7-4-10-29-19/h3-12H,13-14H2,1-2H3,(H,23,25)(H,24,26). The molecule has 0 fully saturated rings. The highest BCUT2D eigenvalue weighted by Crippen LogP contribution is 2.24. The summed E-state index contributed by atoms with van der Waals surface area (Å²) in [5, 5.41) is 5.48. The average Bonchev–Trinajstić information content (AvgIpc) is 3.31. The van der Waals surface area contributed by atoms with Gasteiger partial charge in [0, 0.05) is 29.9 Å². The molecule has 0 saturated heterocycles. The van der Waals surface area contributed by atoms with E-state index in [0.29, 0.717) is 22.9 Å². The monoisotopic (exact) mass is 410 g/mol. The first-order chi connectivity index (χ1) is 14.6. The zero-order valence-electron chi connectivity index (χ0n) is 16.6. The number of hydrogen-bond acceptors (Lipinski definition) is 6. The summed E-state index contributed by atoms with van der Waals surface area (Å²) in [6.07, 6.45) is 1.43. The summed E-state index contributed by atoms with van der Waals surface area (Å²) in [4.78, 5) is 24.2. The highest BCUT2D eigenvalue weighted by Gasteiger charge is 2.10. The second-order valence-corrected chi connectivity index (χ2v) is 6.20. The number of rotatable bonds is 9. The van der Waals surface area contributed by atoms with Gasteiger partial charge in [0.25, 0.3) is 11.8 Å². The van der Waals surface area contributed by atoms with Crippen molar-refractivity contribution in [2.45, 2.75) is 6.54 Å². The minimum Gasteiger partial charge on any atom is -0.497 e. The molecule has 1 aromatic heterocycles. The molecule has 1 heterocycles. The van der Waals surface area contributed by atoms with Crippen molar-refractivity contribution < 1.29 is 28.2 Å². The van der Waals surface area contributed by atoms with Gasteiger partial charge in [-0.25, -0.2) is 0 Å². The van der Waals surface area contributed by atoms with Gasteiger partial charge in [-0.3, -0.25) is 9.59 Å². The van der Waals surface area contributed by atoms with E-state index in [1.165, 1.54) is 6.26 Å². The molecule has 2 amide bonds. The predicted molar refractivity (Wildman–Crippen MR) is 110 cm³/mol. The molecule has 8 heteroatoms. The second kappa shape index (κ2) is 10.0. The number of furan rings is 1. The van der Waals surface area contributed by atoms with Gasteiger partial charge in [0.15, 0.2) is 12.4 Å². The number of anilines is 1. The van der Waals surface area contributed by atoms with Crippen LogP contribution in [0.3, 0.4) is 0 Å². The van der Waals surface area contributed by atoms with Crippen LogP contribution in [0.25, 0.3) is 0 Å². The van der Waals surface area contributed by atoms with Crippen LogP contribution in [0.1, 0.15) is 16.1 Å². The Morgan fingerprint density at radius 2 is 1.83 bits per heavy atom. The number of amides is 2. The van der Waals surface area contributed by atoms with Crippen LogP contribution in [0.2, 0.25) is 0 Å². The van der Waals surface area contributed by atoms with E-state index in [1.807, 2.05) is 6.07 Å². The summed E-state index contributed by atoms with van der Waals surface area (Å²) in [6, 6.07) is 15.3. The van der Waals surface area contributed by atoms with E-state index < -0.39 is 0 Å². The molecule has 0 bridgehead atoms. The molecule has 2 aromatic carbocycles. The fraction of sp³-hybridized carbons (Fsp3) is 0.182. The zero-order valence-corrected chi connectivity index (χ0v) is 16.6. The van der Waals surface area contributed by atoms with Crippen LogP contribution in [-0.2, 0) is 11.3 Å². The van der Waals surface area contributed by atoms with Crippen LogP contribution in [0.5, 0.6) is 17.2 Å². The number of carbonyl (C=O) groups is 2. The molecule has 0 aliphatic heterocycles. The van der Waals surface area contributed by atoms with Crippen molar-refractivity contribution in [3.8, 4) is 17.2 Å². The van der Waals surface area contributed by atoms with E-state index in [1.54, 1.807) is 62.8 Å². The summed E-state index contributed by atoms with van der Waals surface area (Å²) in [5.41, 5.74) is 1.34. The SMILES string of the molecule is COc1ccc(CNC(=O)COc2cccc(NC(=O)c3ccco3)c2)c(OC)c1. The summed E-state index contributed by atoms with van der Waals surface area (Å²) in [7, 11) is 3.13. The highest BCUT2D eigenvalue weighted by molar-refractivity contribution is 6.02. The van der Waals surface area contributed by atoms with Crippen molar-refractivity contribution in [2.75, 3.05) is 26.1 Å². The lowest BCUT2D eigenvalue weighted by molar-refractivity contribution is -0.123. The molecule has 3 rings (SSSR count). The lowest BCUT2D eigenvalue weighted by Crippen LogP contribution is -2.28. The number of hydrogen-bond donors (Lipinski definition) is 2. The molecule has 3 aromatic rings. The molecular formula is C22H22N2O6. The van der Waals surface area contributed by atoms with Crippen molar-refractivity contribution in [1.82, 2.24) is 5.32 Å². The largest absolute Gasteiger partial charge is 0.497 e. The Morgan fingerprint density at radius 3 is 2.57 bits per heavy atom. The quantitative estimate of drug-likeness (QED) is 0.562. The first-order valence-corrected chi connectivity index (χ1v) is 9.14. The first kappa shape index (κ1) is 20.8. The van der Waals surface area contributed by atoms with Crippen molar-refractivity contribution in [3.63, 3.8) is 0 Å². The maximum Gasteiger partial charge on any atom is 0.291 e. The summed E-state index contributed by atoms with van der Waals surface area (Å²) < 4.78 is 21.1. The Hall–Kier alpha value is -3.94. The maximum atomic E-state index is 12.1.